The van der Waals surface area contributed by atoms with Crippen molar-refractivity contribution in [1.29, 1.82) is 0 Å². The number of H-pyrrole nitrogens is 4. The van der Waals surface area contributed by atoms with E-state index in [1.807, 2.05) is 166 Å². The van der Waals surface area contributed by atoms with Gasteiger partial charge >= 0.3 is 12.4 Å². The van der Waals surface area contributed by atoms with Crippen molar-refractivity contribution in [3.63, 3.8) is 0 Å². The van der Waals surface area contributed by atoms with Crippen LogP contribution in [0.3, 0.4) is 0 Å². The predicted molar refractivity (Wildman–Crippen MR) is 410 cm³/mol. The summed E-state index contributed by atoms with van der Waals surface area (Å²) in [6.45, 7) is 3.84. The summed E-state index contributed by atoms with van der Waals surface area (Å²) < 4.78 is 80.9. The molecule has 8 heterocycles. The van der Waals surface area contributed by atoms with Gasteiger partial charge in [-0.05, 0) is 112 Å². The van der Waals surface area contributed by atoms with E-state index < -0.39 is 23.5 Å². The Balaban J connectivity index is 0.000000113. The zero-order valence-corrected chi connectivity index (χ0v) is 58.2. The Morgan fingerprint density at radius 3 is 0.877 bits per heavy atom. The van der Waals surface area contributed by atoms with Crippen LogP contribution in [-0.2, 0) is 12.4 Å². The number of aryl methyl sites for hydroxylation is 2. The molecule has 0 bridgehead atoms. The van der Waals surface area contributed by atoms with Crippen LogP contribution in [0.2, 0.25) is 10.0 Å². The predicted octanol–water partition coefficient (Wildman–Crippen LogP) is 23.2. The molecule has 8 aromatic heterocycles. The number of hydrogen-bond donors (Lipinski definition) is 8. The van der Waals surface area contributed by atoms with Crippen LogP contribution in [0.5, 0.6) is 0 Å². The van der Waals surface area contributed by atoms with E-state index in [0.29, 0.717) is 55.9 Å². The number of halogens is 8. The minimum absolute atomic E-state index is 0.0389. The minimum Gasteiger partial charge on any atom is -0.338 e. The van der Waals surface area contributed by atoms with E-state index in [0.717, 1.165) is 120 Å². The van der Waals surface area contributed by atoms with Crippen molar-refractivity contribution in [2.75, 3.05) is 21.3 Å². The first-order chi connectivity index (χ1) is 51.4. The molecule has 0 atom stereocenters. The highest BCUT2D eigenvalue weighted by Gasteiger charge is 2.35. The zero-order chi connectivity index (χ0) is 73.1. The molecule has 0 amide bonds. The topological polar surface area (TPSA) is 214 Å². The zero-order valence-electron chi connectivity index (χ0n) is 56.7. The molecular weight excluding hydrogens is 1390 g/mol. The molecule has 16 nitrogen and oxygen atoms in total. The summed E-state index contributed by atoms with van der Waals surface area (Å²) in [6.07, 6.45) is -4.13. The van der Waals surface area contributed by atoms with Crippen molar-refractivity contribution in [2.24, 2.45) is 0 Å². The maximum Gasteiger partial charge on any atom is 0.417 e. The van der Waals surface area contributed by atoms with Crippen LogP contribution in [0.4, 0.5) is 72.4 Å². The first kappa shape index (κ1) is 69.3. The maximum atomic E-state index is 13.5. The first-order valence-corrected chi connectivity index (χ1v) is 34.8. The lowest BCUT2D eigenvalue weighted by molar-refractivity contribution is -0.137. The van der Waals surface area contributed by atoms with Gasteiger partial charge in [0.15, 0.2) is 23.3 Å². The number of fused-ring (bicyclic) bond motifs is 4. The lowest BCUT2D eigenvalue weighted by Gasteiger charge is -2.15. The SMILES string of the molecule is Cc1cc(Nc2cc(-c3ccccc3C(F)(F)F)nc3ccccc23)n[nH]1.Cc1cc(Nc2cc(-c3ccccc3Cl)nc3ccccc23)n[nH]1.Clc1ccccc1-c1cc(Nc2cc(C3CC3)[nH]n2)c2ccccc2n1.FC(F)(F)c1ccccc1-c1cc(Nc2cc(C3CC3)[nH]n2)c2ccccc2n1. The van der Waals surface area contributed by atoms with E-state index >= 15 is 0 Å². The van der Waals surface area contributed by atoms with Crippen molar-refractivity contribution in [3.05, 3.63) is 287 Å². The molecule has 2 aliphatic rings. The molecular formula is C82H64Cl2F6N16. The largest absolute Gasteiger partial charge is 0.417 e. The number of aromatic amines is 4. The third-order valence-electron chi connectivity index (χ3n) is 17.9. The van der Waals surface area contributed by atoms with E-state index in [9.17, 15) is 26.3 Å². The van der Waals surface area contributed by atoms with Crippen LogP contribution in [0, 0.1) is 13.8 Å². The normalized spacial score (nSPS) is 12.8. The molecule has 0 saturated heterocycles. The Morgan fingerprint density at radius 2 is 0.585 bits per heavy atom. The van der Waals surface area contributed by atoms with Crippen LogP contribution in [0.25, 0.3) is 88.6 Å². The van der Waals surface area contributed by atoms with Gasteiger partial charge in [0, 0.05) is 113 Å². The van der Waals surface area contributed by atoms with E-state index in [-0.39, 0.29) is 22.5 Å². The van der Waals surface area contributed by atoms with Crippen molar-refractivity contribution < 1.29 is 26.3 Å². The molecule has 0 spiro atoms. The highest BCUT2D eigenvalue weighted by atomic mass is 35.5. The summed E-state index contributed by atoms with van der Waals surface area (Å²) in [6, 6.07) is 72.4. The highest BCUT2D eigenvalue weighted by molar-refractivity contribution is 6.33. The molecule has 18 rings (SSSR count). The molecule has 8 aromatic carbocycles. The molecule has 2 fully saturated rings. The fourth-order valence-corrected chi connectivity index (χ4v) is 12.9. The fraction of sp³-hybridized carbons (Fsp3) is 0.122. The van der Waals surface area contributed by atoms with Crippen molar-refractivity contribution in [3.8, 4) is 45.0 Å². The van der Waals surface area contributed by atoms with Crippen molar-refractivity contribution in [2.45, 2.75) is 63.7 Å². The number of benzene rings is 8. The summed E-state index contributed by atoms with van der Waals surface area (Å²) >= 11 is 12.7. The average Bonchev–Trinajstić information content (AvgIpc) is 1.06. The van der Waals surface area contributed by atoms with Crippen LogP contribution in [-0.4, -0.2) is 60.7 Å². The maximum absolute atomic E-state index is 13.5. The number of aromatic nitrogens is 12. The second-order valence-corrected chi connectivity index (χ2v) is 26.5. The van der Waals surface area contributed by atoms with Gasteiger partial charge in [0.05, 0.1) is 78.7 Å². The number of nitrogens with one attached hydrogen (secondary N) is 8. The van der Waals surface area contributed by atoms with Gasteiger partial charge in [-0.1, -0.05) is 169 Å². The number of nitrogens with zero attached hydrogens (tertiary/aromatic N) is 8. The van der Waals surface area contributed by atoms with Gasteiger partial charge in [-0.2, -0.15) is 46.7 Å². The Kier molecular flexibility index (Phi) is 19.5. The van der Waals surface area contributed by atoms with E-state index in [4.69, 9.17) is 33.2 Å². The number of rotatable bonds is 14. The molecule has 0 radical (unpaired) electrons. The van der Waals surface area contributed by atoms with Crippen LogP contribution in [0.15, 0.2) is 243 Å². The fourth-order valence-electron chi connectivity index (χ4n) is 12.4. The number of pyridine rings is 4. The van der Waals surface area contributed by atoms with E-state index in [2.05, 4.69) is 84.2 Å². The summed E-state index contributed by atoms with van der Waals surface area (Å²) in [7, 11) is 0. The van der Waals surface area contributed by atoms with Crippen LogP contribution >= 0.6 is 23.2 Å². The van der Waals surface area contributed by atoms with Crippen molar-refractivity contribution in [1.82, 2.24) is 60.7 Å². The molecule has 8 N–H and O–H groups in total. The third-order valence-corrected chi connectivity index (χ3v) is 18.5. The van der Waals surface area contributed by atoms with Gasteiger partial charge < -0.3 is 21.3 Å². The molecule has 528 valence electrons. The second-order valence-electron chi connectivity index (χ2n) is 25.7. The minimum atomic E-state index is -4.46. The molecule has 16 aromatic rings. The summed E-state index contributed by atoms with van der Waals surface area (Å²) in [4.78, 5) is 18.5. The molecule has 0 unspecified atom stereocenters. The lowest BCUT2D eigenvalue weighted by Crippen LogP contribution is -2.07. The Labute approximate surface area is 613 Å². The van der Waals surface area contributed by atoms with Gasteiger partial charge in [-0.25, -0.2) is 19.9 Å². The number of alkyl halides is 6. The third kappa shape index (κ3) is 15.9. The molecule has 24 heteroatoms. The van der Waals surface area contributed by atoms with Crippen molar-refractivity contribution >= 4 is 113 Å². The monoisotopic (exact) mass is 1460 g/mol. The Morgan fingerprint density at radius 1 is 0.321 bits per heavy atom. The molecule has 0 aliphatic heterocycles. The van der Waals surface area contributed by atoms with Gasteiger partial charge in [0.25, 0.3) is 0 Å². The summed E-state index contributed by atoms with van der Waals surface area (Å²) in [5.74, 6) is 3.99. The molecule has 2 saturated carbocycles. The second kappa shape index (κ2) is 29.8. The van der Waals surface area contributed by atoms with Gasteiger partial charge in [-0.3, -0.25) is 20.4 Å². The van der Waals surface area contributed by atoms with Crippen LogP contribution < -0.4 is 21.3 Å². The molecule has 2 aliphatic carbocycles. The quantitative estimate of drug-likeness (QED) is 0.0478. The molecule has 106 heavy (non-hydrogen) atoms. The highest BCUT2D eigenvalue weighted by Crippen LogP contribution is 2.44. The smallest absolute Gasteiger partial charge is 0.338 e. The lowest BCUT2D eigenvalue weighted by atomic mass is 10.0. The standard InChI is InChI=1S/C22H17F3N4.C21H17ClN4.C20H15F3N4.C19H15ClN4/c23-22(24,25)16-7-3-1-5-14(16)19-11-20(15-6-2-4-8-17(15)26-19)27-21-12-18(28-29-21)13-9-10-13;22-16-7-3-1-5-14(16)19-11-20(15-6-2-4-8-17(15)23-19)24-21-12-18(25-26-21)13-9-10-13;1-12-10-19(27-26-12)25-18-11-17(24-16-9-5-3-7-14(16)18)13-6-2-4-8-15(13)20(21,22)23;1-12-10-19(24-23-12)22-18-11-17(13-6-2-4-8-15(13)20)21-16-9-5-3-7-14(16)18/h1-8,11-13H,9-10H2,(H2,26,27,28,29);1-8,11-13H,9-10H2,(H2,23,24,25,26);2-11H,1H3,(H2,24,25,26,27);2-11H,1H3,(H2,21,22,23,24). The number of anilines is 8. The van der Waals surface area contributed by atoms with Gasteiger partial charge in [-0.15, -0.1) is 0 Å². The summed E-state index contributed by atoms with van der Waals surface area (Å²) in [5, 5.41) is 47.4. The Bertz CT molecular complexity index is 5860. The first-order valence-electron chi connectivity index (χ1n) is 34.0. The van der Waals surface area contributed by atoms with E-state index in [1.165, 1.54) is 42.8 Å². The Hall–Kier alpha value is -12.4. The van der Waals surface area contributed by atoms with E-state index in [1.54, 1.807) is 42.5 Å². The van der Waals surface area contributed by atoms with Crippen LogP contribution in [0.1, 0.15) is 71.4 Å². The van der Waals surface area contributed by atoms with Gasteiger partial charge in [0.2, 0.25) is 0 Å². The number of hydrogen-bond acceptors (Lipinski definition) is 12. The van der Waals surface area contributed by atoms with Gasteiger partial charge in [0.1, 0.15) is 0 Å². The number of para-hydroxylation sites is 4. The average molecular weight is 1460 g/mol. The summed E-state index contributed by atoms with van der Waals surface area (Å²) in [5.41, 5.74) is 13.1.